The number of nitrogens with zero attached hydrogens (tertiary/aromatic N) is 1. The first-order chi connectivity index (χ1) is 4.15. The van der Waals surface area contributed by atoms with E-state index in [1.807, 2.05) is 13.8 Å². The third-order valence-corrected chi connectivity index (χ3v) is 0.447. The molecule has 0 N–H and O–H groups in total. The Labute approximate surface area is 74.4 Å². The summed E-state index contributed by atoms with van der Waals surface area (Å²) in [6, 6.07) is 0. The molecular weight excluding hydrogens is 264 g/mol. The molecule has 0 amide bonds. The van der Waals surface area contributed by atoms with Crippen LogP contribution in [0.1, 0.15) is 13.8 Å². The predicted molar refractivity (Wildman–Crippen MR) is 42.0 cm³/mol. The molecule has 0 fully saturated rings. The van der Waals surface area contributed by atoms with Crippen molar-refractivity contribution in [1.82, 2.24) is 0 Å². The van der Waals surface area contributed by atoms with Gasteiger partial charge in [0.05, 0.1) is 0 Å². The van der Waals surface area contributed by atoms with Crippen LogP contribution in [-0.2, 0) is 14.2 Å². The monoisotopic (exact) mass is 275 g/mol. The van der Waals surface area contributed by atoms with Crippen LogP contribution < -0.4 is 0 Å². The molecule has 0 aromatic carbocycles. The van der Waals surface area contributed by atoms with Crippen LogP contribution in [-0.4, -0.2) is 13.1 Å². The van der Waals surface area contributed by atoms with Gasteiger partial charge in [-0.25, -0.2) is 0 Å². The maximum atomic E-state index is 4.98. The van der Waals surface area contributed by atoms with Gasteiger partial charge in [-0.1, -0.05) is 13.8 Å². The second-order valence-corrected chi connectivity index (χ2v) is 10.2. The summed E-state index contributed by atoms with van der Waals surface area (Å²) >= 11 is -1.94. The molecule has 5 heteroatoms. The van der Waals surface area contributed by atoms with E-state index in [4.69, 9.17) is 28.3 Å². The van der Waals surface area contributed by atoms with Crippen LogP contribution >= 0.6 is 28.3 Å². The molecule has 0 atom stereocenters. The van der Waals surface area contributed by atoms with Gasteiger partial charge in [0, 0.05) is 0 Å². The molecule has 0 saturated carbocycles. The number of hydrogen-bond donors (Lipinski definition) is 0. The van der Waals surface area contributed by atoms with Gasteiger partial charge in [0.2, 0.25) is 0 Å². The molecule has 0 aliphatic rings. The first kappa shape index (κ1) is 13.1. The quantitative estimate of drug-likeness (QED) is 0.685. The second-order valence-electron chi connectivity index (χ2n) is 1.03. The zero-order valence-corrected chi connectivity index (χ0v) is 9.68. The molecule has 0 bridgehead atoms. The summed E-state index contributed by atoms with van der Waals surface area (Å²) in [4.78, 5) is 0. The summed E-state index contributed by atoms with van der Waals surface area (Å²) in [6.45, 7) is 6.03. The molecule has 9 heavy (non-hydrogen) atoms. The fourth-order valence-electron chi connectivity index (χ4n) is 0.224. The maximum absolute atomic E-state index is 4.98. The van der Waals surface area contributed by atoms with Gasteiger partial charge in [-0.3, -0.25) is 0 Å². The van der Waals surface area contributed by atoms with Gasteiger partial charge < -0.3 is 5.32 Å². The van der Waals surface area contributed by atoms with Gasteiger partial charge in [-0.2, -0.15) is 13.1 Å². The summed E-state index contributed by atoms with van der Waals surface area (Å²) in [6.07, 6.45) is 0. The van der Waals surface area contributed by atoms with Crippen LogP contribution in [0.5, 0.6) is 0 Å². The first-order valence-electron chi connectivity index (χ1n) is 2.51. The number of halogens is 3. The van der Waals surface area contributed by atoms with Crippen molar-refractivity contribution in [2.45, 2.75) is 13.8 Å². The van der Waals surface area contributed by atoms with Crippen molar-refractivity contribution in [3.63, 3.8) is 0 Å². The molecule has 0 saturated heterocycles. The zero-order valence-electron chi connectivity index (χ0n) is 5.40. The standard InChI is InChI=1S/C4H10N.3ClH.Mo/c1-3-5-4-2;;;;/h3-4H2,1-2H3;3*1H;/q-1;;;;+3/p-3. The normalized spacial score (nSPS) is 8.67. The van der Waals surface area contributed by atoms with Gasteiger partial charge in [0.15, 0.2) is 0 Å². The van der Waals surface area contributed by atoms with Crippen molar-refractivity contribution in [2.24, 2.45) is 0 Å². The Morgan fingerprint density at radius 3 is 1.33 bits per heavy atom. The molecule has 59 valence electrons. The Morgan fingerprint density at radius 1 is 1.11 bits per heavy atom. The number of hydrogen-bond acceptors (Lipinski definition) is 0. The fourth-order valence-corrected chi connectivity index (χ4v) is 0.224. The second kappa shape index (κ2) is 12.2. The van der Waals surface area contributed by atoms with E-state index in [0.29, 0.717) is 0 Å². The van der Waals surface area contributed by atoms with Crippen molar-refractivity contribution in [3.8, 4) is 0 Å². The molecule has 0 aliphatic heterocycles. The van der Waals surface area contributed by atoms with E-state index in [2.05, 4.69) is 5.32 Å². The van der Waals surface area contributed by atoms with E-state index < -0.39 is 14.2 Å². The molecular formula is C4H10Cl3MoN-. The van der Waals surface area contributed by atoms with E-state index in [9.17, 15) is 0 Å². The molecule has 0 unspecified atom stereocenters. The van der Waals surface area contributed by atoms with Crippen molar-refractivity contribution in [2.75, 3.05) is 13.1 Å². The molecule has 0 rings (SSSR count). The third-order valence-electron chi connectivity index (χ3n) is 0.447. The molecule has 1 nitrogen and oxygen atoms in total. The summed E-state index contributed by atoms with van der Waals surface area (Å²) < 4.78 is 0. The Morgan fingerprint density at radius 2 is 1.33 bits per heavy atom. The van der Waals surface area contributed by atoms with E-state index >= 15 is 0 Å². The van der Waals surface area contributed by atoms with Crippen LogP contribution in [0.15, 0.2) is 0 Å². The van der Waals surface area contributed by atoms with E-state index in [1.165, 1.54) is 0 Å². The predicted octanol–water partition coefficient (Wildman–Crippen LogP) is 3.47. The first-order valence-corrected chi connectivity index (χ1v) is 10.3. The SMILES string of the molecule is CC[N-]CC.[Cl][Mo]([Cl])[Cl]. The molecule has 0 radical (unpaired) electrons. The van der Waals surface area contributed by atoms with Crippen LogP contribution in [0, 0.1) is 0 Å². The van der Waals surface area contributed by atoms with E-state index in [0.717, 1.165) is 13.1 Å². The fraction of sp³-hybridized carbons (Fsp3) is 1.00. The Balaban J connectivity index is 0. The molecule has 0 aromatic rings. The molecule has 0 spiro atoms. The zero-order chi connectivity index (χ0) is 7.70. The third kappa shape index (κ3) is 43.5. The van der Waals surface area contributed by atoms with Gasteiger partial charge in [0.1, 0.15) is 0 Å². The molecule has 0 aliphatic carbocycles. The topological polar surface area (TPSA) is 14.1 Å². The minimum atomic E-state index is -1.94. The van der Waals surface area contributed by atoms with E-state index in [1.54, 1.807) is 0 Å². The Kier molecular flexibility index (Phi) is 17.8. The van der Waals surface area contributed by atoms with Crippen molar-refractivity contribution < 1.29 is 14.2 Å². The van der Waals surface area contributed by atoms with Crippen LogP contribution in [0.3, 0.4) is 0 Å². The van der Waals surface area contributed by atoms with Gasteiger partial charge in [-0.15, -0.1) is 0 Å². The van der Waals surface area contributed by atoms with Crippen molar-refractivity contribution >= 4 is 28.3 Å². The van der Waals surface area contributed by atoms with Crippen molar-refractivity contribution in [3.05, 3.63) is 5.32 Å². The minimum absolute atomic E-state index is 0.969. The van der Waals surface area contributed by atoms with Crippen LogP contribution in [0.4, 0.5) is 0 Å². The van der Waals surface area contributed by atoms with Crippen molar-refractivity contribution in [1.29, 1.82) is 0 Å². The average molecular weight is 274 g/mol. The van der Waals surface area contributed by atoms with Gasteiger partial charge in [-0.05, 0) is 0 Å². The number of rotatable bonds is 2. The summed E-state index contributed by atoms with van der Waals surface area (Å²) in [5.74, 6) is 0. The molecule has 0 heterocycles. The Hall–Kier alpha value is 1.52. The average Bonchev–Trinajstić information content (AvgIpc) is 1.66. The van der Waals surface area contributed by atoms with Gasteiger partial charge >= 0.3 is 42.4 Å². The van der Waals surface area contributed by atoms with Gasteiger partial charge in [0.25, 0.3) is 0 Å². The molecule has 0 aromatic heterocycles. The summed E-state index contributed by atoms with van der Waals surface area (Å²) in [7, 11) is 14.9. The summed E-state index contributed by atoms with van der Waals surface area (Å²) in [5, 5.41) is 3.97. The van der Waals surface area contributed by atoms with E-state index in [-0.39, 0.29) is 0 Å². The van der Waals surface area contributed by atoms with Crippen LogP contribution in [0.25, 0.3) is 5.32 Å². The Bertz CT molecular complexity index is 40.0. The summed E-state index contributed by atoms with van der Waals surface area (Å²) in [5.41, 5.74) is 0. The van der Waals surface area contributed by atoms with Crippen LogP contribution in [0.2, 0.25) is 0 Å².